The van der Waals surface area contributed by atoms with Crippen LogP contribution in [0.3, 0.4) is 0 Å². The maximum absolute atomic E-state index is 9.69. The summed E-state index contributed by atoms with van der Waals surface area (Å²) in [6.07, 6.45) is 3.19. The van der Waals surface area contributed by atoms with Gasteiger partial charge in [0, 0.05) is 18.2 Å². The van der Waals surface area contributed by atoms with Crippen molar-refractivity contribution in [2.45, 2.75) is 43.2 Å². The van der Waals surface area contributed by atoms with Gasteiger partial charge in [-0.2, -0.15) is 8.75 Å². The summed E-state index contributed by atoms with van der Waals surface area (Å²) in [6.45, 7) is 5.68. The highest BCUT2D eigenvalue weighted by Gasteiger charge is 2.37. The predicted octanol–water partition coefficient (Wildman–Crippen LogP) is 1.37. The number of carboxylic acids is 2. The molecule has 0 spiro atoms. The standard InChI is InChI=1S/C13H21N3OS2.C2H2O4/c1-2-10(17)8-18-13-12(14-19-15-13)11-7-16-5-3-9(11)4-6-16;3-1(4)2(5)6/h9-11,17H,2-8H2,1H3;(H,3,4)(H,5,6). The first-order valence-electron chi connectivity index (χ1n) is 8.24. The van der Waals surface area contributed by atoms with E-state index in [2.05, 4.69) is 13.6 Å². The molecule has 8 nitrogen and oxygen atoms in total. The number of piperidine rings is 3. The highest BCUT2D eigenvalue weighted by molar-refractivity contribution is 7.99. The molecule has 3 aliphatic rings. The highest BCUT2D eigenvalue weighted by atomic mass is 32.2. The van der Waals surface area contributed by atoms with Crippen LogP contribution in [0.4, 0.5) is 0 Å². The van der Waals surface area contributed by atoms with Gasteiger partial charge >= 0.3 is 11.9 Å². The van der Waals surface area contributed by atoms with Crippen molar-refractivity contribution >= 4 is 35.4 Å². The molecule has 3 fully saturated rings. The van der Waals surface area contributed by atoms with Crippen LogP contribution in [0, 0.1) is 5.92 Å². The highest BCUT2D eigenvalue weighted by Crippen LogP contribution is 2.41. The number of hydrogen-bond donors (Lipinski definition) is 3. The third-order valence-corrected chi connectivity index (χ3v) is 6.34. The van der Waals surface area contributed by atoms with Crippen molar-refractivity contribution in [3.63, 3.8) is 0 Å². The molecule has 1 aromatic rings. The molecule has 0 amide bonds. The van der Waals surface area contributed by atoms with Crippen LogP contribution in [-0.4, -0.2) is 72.4 Å². The van der Waals surface area contributed by atoms with Crippen LogP contribution in [0.2, 0.25) is 0 Å². The van der Waals surface area contributed by atoms with E-state index in [1.165, 1.54) is 43.4 Å². The maximum atomic E-state index is 9.69. The first kappa shape index (κ1) is 20.1. The Labute approximate surface area is 154 Å². The van der Waals surface area contributed by atoms with Gasteiger partial charge in [0.1, 0.15) is 5.03 Å². The minimum absolute atomic E-state index is 0.230. The molecule has 0 aliphatic carbocycles. The third kappa shape index (κ3) is 5.63. The van der Waals surface area contributed by atoms with Crippen LogP contribution in [0.5, 0.6) is 0 Å². The van der Waals surface area contributed by atoms with Crippen molar-refractivity contribution in [1.82, 2.24) is 13.6 Å². The number of carbonyl (C=O) groups is 2. The number of fused-ring (bicyclic) bond motifs is 3. The number of aliphatic hydroxyl groups excluding tert-OH is 1. The van der Waals surface area contributed by atoms with Crippen molar-refractivity contribution < 1.29 is 24.9 Å². The smallest absolute Gasteiger partial charge is 0.414 e. The molecule has 0 radical (unpaired) electrons. The summed E-state index contributed by atoms with van der Waals surface area (Å²) in [5.74, 6) is -1.55. The number of rotatable bonds is 5. The fourth-order valence-corrected chi connectivity index (χ4v) is 4.90. The average molecular weight is 389 g/mol. The number of aromatic nitrogens is 2. The van der Waals surface area contributed by atoms with Crippen LogP contribution in [0.1, 0.15) is 37.8 Å². The largest absolute Gasteiger partial charge is 0.473 e. The molecule has 10 heteroatoms. The fraction of sp³-hybridized carbons (Fsp3) is 0.733. The van der Waals surface area contributed by atoms with Crippen LogP contribution < -0.4 is 0 Å². The number of thioether (sulfide) groups is 1. The third-order valence-electron chi connectivity index (χ3n) is 4.56. The molecule has 25 heavy (non-hydrogen) atoms. The van der Waals surface area contributed by atoms with Crippen molar-refractivity contribution in [2.75, 3.05) is 25.4 Å². The molecule has 2 bridgehead atoms. The molecule has 4 rings (SSSR count). The lowest BCUT2D eigenvalue weighted by molar-refractivity contribution is -0.159. The van der Waals surface area contributed by atoms with Crippen LogP contribution in [0.15, 0.2) is 5.03 Å². The molecular formula is C15H23N3O5S2. The Bertz CT molecular complexity index is 577. The molecule has 1 aromatic heterocycles. The number of hydrogen-bond acceptors (Lipinski definition) is 8. The summed E-state index contributed by atoms with van der Waals surface area (Å²) in [6, 6.07) is 0. The lowest BCUT2D eigenvalue weighted by Gasteiger charge is -2.44. The summed E-state index contributed by atoms with van der Waals surface area (Å²) >= 11 is 3.00. The molecule has 3 aliphatic heterocycles. The monoisotopic (exact) mass is 389 g/mol. The quantitative estimate of drug-likeness (QED) is 0.506. The zero-order valence-electron chi connectivity index (χ0n) is 14.0. The van der Waals surface area contributed by atoms with E-state index in [-0.39, 0.29) is 6.10 Å². The Kier molecular flexibility index (Phi) is 7.60. The Hall–Kier alpha value is -1.23. The molecule has 0 aromatic carbocycles. The zero-order valence-corrected chi connectivity index (χ0v) is 15.6. The van der Waals surface area contributed by atoms with E-state index < -0.39 is 11.9 Å². The average Bonchev–Trinajstić information content (AvgIpc) is 3.09. The van der Waals surface area contributed by atoms with Gasteiger partial charge in [-0.15, -0.1) is 11.8 Å². The van der Waals surface area contributed by atoms with Crippen LogP contribution >= 0.6 is 23.5 Å². The topological polar surface area (TPSA) is 124 Å². The second-order valence-corrected chi connectivity index (χ2v) is 7.72. The van der Waals surface area contributed by atoms with Gasteiger partial charge in [0.05, 0.1) is 23.5 Å². The summed E-state index contributed by atoms with van der Waals surface area (Å²) in [5.41, 5.74) is 1.20. The first-order chi connectivity index (χ1) is 11.9. The molecule has 3 N–H and O–H groups in total. The van der Waals surface area contributed by atoms with Crippen molar-refractivity contribution in [3.8, 4) is 0 Å². The van der Waals surface area contributed by atoms with E-state index in [0.29, 0.717) is 5.92 Å². The SMILES string of the molecule is CCC(O)CSc1nsnc1C1CN2CCC1CC2.O=C(O)C(=O)O. The Morgan fingerprint density at radius 2 is 1.92 bits per heavy atom. The number of aliphatic carboxylic acids is 2. The Balaban J connectivity index is 0.000000326. The van der Waals surface area contributed by atoms with E-state index in [1.807, 2.05) is 6.92 Å². The minimum atomic E-state index is -1.82. The van der Waals surface area contributed by atoms with Crippen molar-refractivity contribution in [2.24, 2.45) is 5.92 Å². The first-order valence-corrected chi connectivity index (χ1v) is 9.95. The van der Waals surface area contributed by atoms with Gasteiger partial charge in [-0.05, 0) is 38.3 Å². The summed E-state index contributed by atoms with van der Waals surface area (Å²) < 4.78 is 9.01. The van der Waals surface area contributed by atoms with E-state index in [1.54, 1.807) is 11.8 Å². The minimum Gasteiger partial charge on any atom is -0.473 e. The molecule has 3 saturated heterocycles. The second kappa shape index (κ2) is 9.46. The maximum Gasteiger partial charge on any atom is 0.414 e. The predicted molar refractivity (Wildman–Crippen MR) is 94.1 cm³/mol. The molecule has 4 heterocycles. The van der Waals surface area contributed by atoms with Gasteiger partial charge in [-0.3, -0.25) is 0 Å². The van der Waals surface area contributed by atoms with E-state index in [9.17, 15) is 5.11 Å². The number of nitrogens with zero attached hydrogens (tertiary/aromatic N) is 3. The van der Waals surface area contributed by atoms with Gasteiger partial charge < -0.3 is 20.2 Å². The van der Waals surface area contributed by atoms with Gasteiger partial charge in [-0.25, -0.2) is 9.59 Å². The number of aliphatic hydroxyl groups is 1. The molecule has 2 atom stereocenters. The number of carboxylic acid groups (broad SMARTS) is 2. The van der Waals surface area contributed by atoms with E-state index in [0.717, 1.165) is 29.7 Å². The summed E-state index contributed by atoms with van der Waals surface area (Å²) in [7, 11) is 0. The normalized spacial score (nSPS) is 25.8. The molecule has 0 saturated carbocycles. The van der Waals surface area contributed by atoms with Gasteiger partial charge in [0.25, 0.3) is 0 Å². The van der Waals surface area contributed by atoms with Gasteiger partial charge in [0.15, 0.2) is 0 Å². The van der Waals surface area contributed by atoms with Crippen LogP contribution in [-0.2, 0) is 9.59 Å². The van der Waals surface area contributed by atoms with E-state index >= 15 is 0 Å². The molecule has 2 unspecified atom stereocenters. The Morgan fingerprint density at radius 3 is 2.40 bits per heavy atom. The second-order valence-electron chi connectivity index (χ2n) is 6.18. The van der Waals surface area contributed by atoms with Gasteiger partial charge in [0.2, 0.25) is 0 Å². The van der Waals surface area contributed by atoms with E-state index in [4.69, 9.17) is 19.8 Å². The fourth-order valence-electron chi connectivity index (χ4n) is 3.08. The molecule has 140 valence electrons. The van der Waals surface area contributed by atoms with Gasteiger partial charge in [-0.1, -0.05) is 6.92 Å². The summed E-state index contributed by atoms with van der Waals surface area (Å²) in [5, 5.41) is 25.5. The zero-order chi connectivity index (χ0) is 18.4. The Morgan fingerprint density at radius 1 is 1.28 bits per heavy atom. The van der Waals surface area contributed by atoms with Crippen LogP contribution in [0.25, 0.3) is 0 Å². The molecular weight excluding hydrogens is 366 g/mol. The van der Waals surface area contributed by atoms with Crippen molar-refractivity contribution in [1.29, 1.82) is 0 Å². The van der Waals surface area contributed by atoms with Crippen molar-refractivity contribution in [3.05, 3.63) is 5.69 Å². The lowest BCUT2D eigenvalue weighted by atomic mass is 9.78. The lowest BCUT2D eigenvalue weighted by Crippen LogP contribution is -2.46. The summed E-state index contributed by atoms with van der Waals surface area (Å²) in [4.78, 5) is 20.8.